The van der Waals surface area contributed by atoms with Gasteiger partial charge in [0, 0.05) is 10.2 Å². The third kappa shape index (κ3) is 3.35. The van der Waals surface area contributed by atoms with Crippen molar-refractivity contribution in [3.8, 4) is 18.2 Å². The number of anilines is 1. The molecule has 0 aromatic heterocycles. The van der Waals surface area contributed by atoms with E-state index in [1.807, 2.05) is 32.0 Å². The highest BCUT2D eigenvalue weighted by Crippen LogP contribution is 2.27. The molecular weight excluding hydrogens is 304 g/mol. The minimum absolute atomic E-state index is 0.0230. The van der Waals surface area contributed by atoms with E-state index in [-0.39, 0.29) is 11.3 Å². The molecule has 0 bridgehead atoms. The van der Waals surface area contributed by atoms with Crippen molar-refractivity contribution in [3.63, 3.8) is 0 Å². The highest BCUT2D eigenvalue weighted by Gasteiger charge is 2.11. The van der Waals surface area contributed by atoms with E-state index in [1.165, 1.54) is 0 Å². The summed E-state index contributed by atoms with van der Waals surface area (Å²) in [5.41, 5.74) is 2.48. The summed E-state index contributed by atoms with van der Waals surface area (Å²) in [4.78, 5) is 0. The zero-order chi connectivity index (χ0) is 14.4. The number of halogens is 1. The fraction of sp³-hybridized carbons (Fsp3) is 0.214. The molecule has 0 atom stereocenters. The van der Waals surface area contributed by atoms with Crippen LogP contribution in [0.1, 0.15) is 18.1 Å². The van der Waals surface area contributed by atoms with Gasteiger partial charge in [-0.1, -0.05) is 22.9 Å². The Morgan fingerprint density at radius 3 is 2.32 bits per heavy atom. The molecule has 0 radical (unpaired) electrons. The first-order valence-corrected chi connectivity index (χ1v) is 6.37. The second kappa shape index (κ2) is 6.59. The molecule has 1 aromatic rings. The van der Waals surface area contributed by atoms with Crippen molar-refractivity contribution in [1.29, 1.82) is 15.8 Å². The summed E-state index contributed by atoms with van der Waals surface area (Å²) in [7, 11) is 0. The monoisotopic (exact) mass is 314 g/mol. The van der Waals surface area contributed by atoms with E-state index < -0.39 is 0 Å². The zero-order valence-electron chi connectivity index (χ0n) is 10.6. The van der Waals surface area contributed by atoms with Gasteiger partial charge >= 0.3 is 0 Å². The SMILES string of the molecule is CCc1cc(Br)cc(C)c1NC(C#N)=C(C#N)C#N. The molecule has 0 aliphatic carbocycles. The van der Waals surface area contributed by atoms with Gasteiger partial charge in [-0.05, 0) is 36.6 Å². The molecule has 1 aromatic carbocycles. The molecule has 0 heterocycles. The van der Waals surface area contributed by atoms with Crippen molar-refractivity contribution in [2.75, 3.05) is 5.32 Å². The molecule has 0 fully saturated rings. The van der Waals surface area contributed by atoms with Crippen LogP contribution in [0.5, 0.6) is 0 Å². The highest BCUT2D eigenvalue weighted by atomic mass is 79.9. The van der Waals surface area contributed by atoms with E-state index >= 15 is 0 Å². The first-order valence-electron chi connectivity index (χ1n) is 5.58. The third-order valence-corrected chi connectivity index (χ3v) is 3.06. The van der Waals surface area contributed by atoms with E-state index in [2.05, 4.69) is 21.2 Å². The van der Waals surface area contributed by atoms with Crippen molar-refractivity contribution in [3.05, 3.63) is 39.0 Å². The molecule has 0 aliphatic heterocycles. The van der Waals surface area contributed by atoms with Gasteiger partial charge in [0.15, 0.2) is 5.57 Å². The molecule has 19 heavy (non-hydrogen) atoms. The molecule has 0 unspecified atom stereocenters. The van der Waals surface area contributed by atoms with Gasteiger partial charge in [-0.25, -0.2) is 0 Å². The molecular formula is C14H11BrN4. The number of nitriles is 3. The van der Waals surface area contributed by atoms with Crippen LogP contribution in [0.25, 0.3) is 0 Å². The first kappa shape index (κ1) is 14.8. The maximum absolute atomic E-state index is 9.05. The molecule has 5 heteroatoms. The fourth-order valence-corrected chi connectivity index (χ4v) is 2.30. The Morgan fingerprint density at radius 1 is 1.21 bits per heavy atom. The topological polar surface area (TPSA) is 83.4 Å². The smallest absolute Gasteiger partial charge is 0.163 e. The summed E-state index contributed by atoms with van der Waals surface area (Å²) in [6.07, 6.45) is 0.774. The Morgan fingerprint density at radius 2 is 1.84 bits per heavy atom. The zero-order valence-corrected chi connectivity index (χ0v) is 12.2. The number of rotatable bonds is 3. The molecule has 0 saturated heterocycles. The Kier molecular flexibility index (Phi) is 5.12. The van der Waals surface area contributed by atoms with Crippen LogP contribution >= 0.6 is 15.9 Å². The van der Waals surface area contributed by atoms with Gasteiger partial charge in [0.25, 0.3) is 0 Å². The van der Waals surface area contributed by atoms with Gasteiger partial charge in [0.2, 0.25) is 0 Å². The molecule has 94 valence electrons. The van der Waals surface area contributed by atoms with E-state index in [0.717, 1.165) is 27.7 Å². The van der Waals surface area contributed by atoms with Crippen LogP contribution in [-0.4, -0.2) is 0 Å². The summed E-state index contributed by atoms with van der Waals surface area (Å²) < 4.78 is 0.954. The van der Waals surface area contributed by atoms with E-state index in [0.29, 0.717) is 0 Å². The molecule has 1 N–H and O–H groups in total. The lowest BCUT2D eigenvalue weighted by atomic mass is 10.1. The number of hydrogen-bond acceptors (Lipinski definition) is 4. The lowest BCUT2D eigenvalue weighted by Crippen LogP contribution is -2.05. The van der Waals surface area contributed by atoms with Crippen LogP contribution in [-0.2, 0) is 6.42 Å². The van der Waals surface area contributed by atoms with E-state index in [4.69, 9.17) is 15.8 Å². The number of allylic oxidation sites excluding steroid dienone is 2. The Labute approximate surface area is 120 Å². The van der Waals surface area contributed by atoms with Crippen LogP contribution < -0.4 is 5.32 Å². The van der Waals surface area contributed by atoms with Gasteiger partial charge in [0.05, 0.1) is 0 Å². The largest absolute Gasteiger partial charge is 0.345 e. The second-order valence-corrected chi connectivity index (χ2v) is 4.74. The van der Waals surface area contributed by atoms with Gasteiger partial charge in [0.1, 0.15) is 23.9 Å². The third-order valence-electron chi connectivity index (χ3n) is 2.60. The van der Waals surface area contributed by atoms with Gasteiger partial charge in [-0.2, -0.15) is 15.8 Å². The number of hydrogen-bond donors (Lipinski definition) is 1. The number of nitrogens with zero attached hydrogens (tertiary/aromatic N) is 3. The maximum Gasteiger partial charge on any atom is 0.163 e. The summed E-state index contributed by atoms with van der Waals surface area (Å²) in [5, 5.41) is 29.6. The van der Waals surface area contributed by atoms with Crippen molar-refractivity contribution in [2.45, 2.75) is 20.3 Å². The number of aryl methyl sites for hydroxylation is 2. The second-order valence-electron chi connectivity index (χ2n) is 3.82. The van der Waals surface area contributed by atoms with Crippen LogP contribution in [0.4, 0.5) is 5.69 Å². The Balaban J connectivity index is 3.36. The molecule has 0 aliphatic rings. The summed E-state index contributed by atoms with van der Waals surface area (Å²) >= 11 is 3.42. The van der Waals surface area contributed by atoms with Crippen LogP contribution in [0.3, 0.4) is 0 Å². The van der Waals surface area contributed by atoms with Gasteiger partial charge in [-0.15, -0.1) is 0 Å². The lowest BCUT2D eigenvalue weighted by Gasteiger charge is -2.14. The quantitative estimate of drug-likeness (QED) is 0.864. The van der Waals surface area contributed by atoms with Crippen LogP contribution in [0.2, 0.25) is 0 Å². The molecule has 0 saturated carbocycles. The molecule has 1 rings (SSSR count). The molecule has 4 nitrogen and oxygen atoms in total. The molecule has 0 spiro atoms. The van der Waals surface area contributed by atoms with Crippen molar-refractivity contribution in [2.24, 2.45) is 0 Å². The minimum Gasteiger partial charge on any atom is -0.345 e. The highest BCUT2D eigenvalue weighted by molar-refractivity contribution is 9.10. The van der Waals surface area contributed by atoms with Crippen molar-refractivity contribution < 1.29 is 0 Å². The van der Waals surface area contributed by atoms with Crippen molar-refractivity contribution in [1.82, 2.24) is 0 Å². The fourth-order valence-electron chi connectivity index (χ4n) is 1.68. The number of benzene rings is 1. The maximum atomic E-state index is 9.05. The van der Waals surface area contributed by atoms with E-state index in [9.17, 15) is 0 Å². The van der Waals surface area contributed by atoms with Gasteiger partial charge in [-0.3, -0.25) is 0 Å². The molecule has 0 amide bonds. The Hall–Kier alpha value is -2.29. The van der Waals surface area contributed by atoms with E-state index in [1.54, 1.807) is 12.1 Å². The summed E-state index contributed by atoms with van der Waals surface area (Å²) in [5.74, 6) is 0. The summed E-state index contributed by atoms with van der Waals surface area (Å²) in [6.45, 7) is 3.90. The number of nitrogens with one attached hydrogen (secondary N) is 1. The van der Waals surface area contributed by atoms with Crippen LogP contribution in [0.15, 0.2) is 27.9 Å². The van der Waals surface area contributed by atoms with Gasteiger partial charge < -0.3 is 5.32 Å². The first-order chi connectivity index (χ1) is 9.07. The predicted molar refractivity (Wildman–Crippen MR) is 75.7 cm³/mol. The van der Waals surface area contributed by atoms with Crippen LogP contribution in [0, 0.1) is 40.9 Å². The average Bonchev–Trinajstić information content (AvgIpc) is 2.40. The standard InChI is InChI=1S/C14H11BrN4/c1-3-10-5-12(15)4-9(2)14(10)19-13(8-18)11(6-16)7-17/h4-5,19H,3H2,1-2H3. The minimum atomic E-state index is -0.216. The Bertz CT molecular complexity index is 638. The normalized spacial score (nSPS) is 8.84. The summed E-state index contributed by atoms with van der Waals surface area (Å²) in [6, 6.07) is 9.15. The van der Waals surface area contributed by atoms with Crippen molar-refractivity contribution >= 4 is 21.6 Å². The average molecular weight is 315 g/mol. The lowest BCUT2D eigenvalue weighted by molar-refractivity contribution is 1.12. The predicted octanol–water partition coefficient (Wildman–Crippen LogP) is 3.56.